The Balaban J connectivity index is 2.84. The number of amides is 3. The number of hydrogen-bond donors (Lipinski definition) is 7. The van der Waals surface area contributed by atoms with Gasteiger partial charge in [0.05, 0.1) is 24.8 Å². The zero-order chi connectivity index (χ0) is 43.3. The summed E-state index contributed by atoms with van der Waals surface area (Å²) in [5.41, 5.74) is 11.6. The number of hydrogen-bond acceptors (Lipinski definition) is 9. The van der Waals surface area contributed by atoms with E-state index in [-0.39, 0.29) is 56.3 Å². The third-order valence-electron chi connectivity index (χ3n) is 10.5. The molecular formula is C44H74N6O8. The van der Waals surface area contributed by atoms with Crippen molar-refractivity contribution in [1.29, 1.82) is 0 Å². The van der Waals surface area contributed by atoms with Gasteiger partial charge in [-0.25, -0.2) is 0 Å². The van der Waals surface area contributed by atoms with Crippen LogP contribution in [0.25, 0.3) is 0 Å². The molecule has 0 heterocycles. The monoisotopic (exact) mass is 815 g/mol. The van der Waals surface area contributed by atoms with Gasteiger partial charge in [-0.1, -0.05) is 114 Å². The van der Waals surface area contributed by atoms with Gasteiger partial charge in [-0.05, 0) is 52.0 Å². The minimum absolute atomic E-state index is 0.126. The third kappa shape index (κ3) is 23.3. The summed E-state index contributed by atoms with van der Waals surface area (Å²) in [6.07, 6.45) is 14.3. The molecule has 0 saturated carbocycles. The normalized spacial score (nSPS) is 14.2. The minimum Gasteiger partial charge on any atom is -0.396 e. The van der Waals surface area contributed by atoms with Gasteiger partial charge < -0.3 is 37.6 Å². The first-order chi connectivity index (χ1) is 27.7. The zero-order valence-electron chi connectivity index (χ0n) is 35.6. The van der Waals surface area contributed by atoms with Crippen LogP contribution in [0.4, 0.5) is 0 Å². The summed E-state index contributed by atoms with van der Waals surface area (Å²) >= 11 is 0. The maximum atomic E-state index is 13.9. The molecule has 6 atom stereocenters. The number of carbonyl (C=O) groups excluding carboxylic acids is 6. The maximum absolute atomic E-state index is 13.9. The second-order valence-corrected chi connectivity index (χ2v) is 15.7. The van der Waals surface area contributed by atoms with Gasteiger partial charge in [-0.3, -0.25) is 33.8 Å². The van der Waals surface area contributed by atoms with Gasteiger partial charge in [-0.15, -0.1) is 0 Å². The van der Waals surface area contributed by atoms with Crippen LogP contribution >= 0.6 is 0 Å². The molecule has 328 valence electrons. The first kappa shape index (κ1) is 51.8. The highest BCUT2D eigenvalue weighted by molar-refractivity contribution is 5.96. The van der Waals surface area contributed by atoms with Crippen molar-refractivity contribution in [3.8, 4) is 0 Å². The van der Waals surface area contributed by atoms with Crippen molar-refractivity contribution in [2.45, 2.75) is 174 Å². The Kier molecular flexibility index (Phi) is 27.6. The Morgan fingerprint density at radius 2 is 1.26 bits per heavy atom. The molecule has 0 spiro atoms. The predicted octanol–water partition coefficient (Wildman–Crippen LogP) is 4.35. The molecule has 1 aromatic carbocycles. The third-order valence-corrected chi connectivity index (χ3v) is 10.5. The standard InChI is InChI=1S/C44H74N6O8/c1-5-6-7-8-9-10-11-12-13-14-15-16-20-25-40(56)50-41(33(4)53)43(58)48-31(2)38(54)28-35(27-34-22-18-17-19-23-34)42(57)49-37(24-21-26-47-44(45)46)39(55)29-36(30-51)32(3)52/h17-19,22-23,31,33,35-37,41,51,53H,5-16,20-21,24-30H2,1-4H3,(H,48,58)(H,49,57)(H,50,56)(H4,45,46,47)/t31-,33+,35+,36-,37-,41?/m0/s1. The van der Waals surface area contributed by atoms with E-state index in [0.717, 1.165) is 24.8 Å². The predicted molar refractivity (Wildman–Crippen MR) is 228 cm³/mol. The lowest BCUT2D eigenvalue weighted by Crippen LogP contribution is -2.55. The van der Waals surface area contributed by atoms with Crippen molar-refractivity contribution < 1.29 is 39.0 Å². The number of nitrogens with one attached hydrogen (secondary N) is 3. The molecule has 14 heteroatoms. The van der Waals surface area contributed by atoms with Crippen LogP contribution in [0.3, 0.4) is 0 Å². The Labute approximate surface area is 346 Å². The Hall–Kier alpha value is -4.17. The van der Waals surface area contributed by atoms with Crippen molar-refractivity contribution in [3.63, 3.8) is 0 Å². The molecule has 0 aliphatic carbocycles. The molecule has 3 amide bonds. The molecule has 1 aromatic rings. The molecule has 0 bridgehead atoms. The van der Waals surface area contributed by atoms with E-state index in [0.29, 0.717) is 12.8 Å². The second kappa shape index (κ2) is 30.8. The molecular weight excluding hydrogens is 741 g/mol. The first-order valence-corrected chi connectivity index (χ1v) is 21.5. The molecule has 0 radical (unpaired) electrons. The quantitative estimate of drug-likeness (QED) is 0.0295. The minimum atomic E-state index is -1.28. The summed E-state index contributed by atoms with van der Waals surface area (Å²) in [7, 11) is 0. The van der Waals surface area contributed by atoms with E-state index in [9.17, 15) is 39.0 Å². The summed E-state index contributed by atoms with van der Waals surface area (Å²) in [5, 5.41) is 28.0. The summed E-state index contributed by atoms with van der Waals surface area (Å²) in [6, 6.07) is 5.62. The number of Topliss-reactive ketones (excluding diaryl/α,β-unsaturated/α-hetero) is 3. The summed E-state index contributed by atoms with van der Waals surface area (Å²) in [4.78, 5) is 82.7. The Morgan fingerprint density at radius 3 is 1.78 bits per heavy atom. The fourth-order valence-electron chi connectivity index (χ4n) is 6.74. The number of aliphatic imine (C=N–C) groups is 1. The Morgan fingerprint density at radius 1 is 0.707 bits per heavy atom. The number of guanidine groups is 1. The number of benzene rings is 1. The molecule has 0 aliphatic heterocycles. The molecule has 0 fully saturated rings. The highest BCUT2D eigenvalue weighted by atomic mass is 16.3. The second-order valence-electron chi connectivity index (χ2n) is 15.7. The van der Waals surface area contributed by atoms with Crippen molar-refractivity contribution in [2.24, 2.45) is 28.3 Å². The lowest BCUT2D eigenvalue weighted by molar-refractivity contribution is -0.135. The van der Waals surface area contributed by atoms with E-state index in [4.69, 9.17) is 11.5 Å². The van der Waals surface area contributed by atoms with Crippen LogP contribution in [-0.2, 0) is 35.2 Å². The number of unbranched alkanes of at least 4 members (excludes halogenated alkanes) is 12. The summed E-state index contributed by atoms with van der Waals surface area (Å²) in [6.45, 7) is 6.03. The number of ketones is 3. The molecule has 0 saturated heterocycles. The van der Waals surface area contributed by atoms with E-state index in [2.05, 4.69) is 27.9 Å². The Bertz CT molecular complexity index is 1400. The number of nitrogens with two attached hydrogens (primary N) is 2. The van der Waals surface area contributed by atoms with E-state index in [1.165, 1.54) is 78.6 Å². The van der Waals surface area contributed by atoms with Crippen LogP contribution in [0.1, 0.15) is 149 Å². The largest absolute Gasteiger partial charge is 0.396 e. The van der Waals surface area contributed by atoms with Crippen molar-refractivity contribution in [1.82, 2.24) is 16.0 Å². The highest BCUT2D eigenvalue weighted by Gasteiger charge is 2.32. The molecule has 0 aromatic heterocycles. The highest BCUT2D eigenvalue weighted by Crippen LogP contribution is 2.18. The summed E-state index contributed by atoms with van der Waals surface area (Å²) < 4.78 is 0. The van der Waals surface area contributed by atoms with Gasteiger partial charge in [-0.2, -0.15) is 0 Å². The van der Waals surface area contributed by atoms with Gasteiger partial charge in [0, 0.05) is 37.6 Å². The van der Waals surface area contributed by atoms with Gasteiger partial charge >= 0.3 is 0 Å². The molecule has 0 aliphatic rings. The van der Waals surface area contributed by atoms with Gasteiger partial charge in [0.2, 0.25) is 17.7 Å². The topological polar surface area (TPSA) is 243 Å². The first-order valence-electron chi connectivity index (χ1n) is 21.5. The SMILES string of the molecule is CCCCCCCCCCCCCCCC(=O)NC(C(=O)N[C@@H](C)C(=O)C[C@@H](Cc1ccccc1)C(=O)N[C@@H](CCCN=C(N)N)C(=O)C[C@@H](CO)C(C)=O)[C@@H](C)O. The van der Waals surface area contributed by atoms with Crippen molar-refractivity contribution in [3.05, 3.63) is 35.9 Å². The van der Waals surface area contributed by atoms with E-state index in [1.54, 1.807) is 24.3 Å². The van der Waals surface area contributed by atoms with E-state index < -0.39 is 66.1 Å². The van der Waals surface area contributed by atoms with Crippen LogP contribution in [-0.4, -0.2) is 88.6 Å². The van der Waals surface area contributed by atoms with E-state index in [1.807, 2.05) is 6.07 Å². The fraction of sp³-hybridized carbons (Fsp3) is 0.705. The number of aliphatic hydroxyl groups excluding tert-OH is 2. The number of aliphatic hydroxyl groups is 2. The molecule has 1 rings (SSSR count). The van der Waals surface area contributed by atoms with E-state index >= 15 is 0 Å². The van der Waals surface area contributed by atoms with Crippen molar-refractivity contribution in [2.75, 3.05) is 13.2 Å². The molecule has 58 heavy (non-hydrogen) atoms. The van der Waals surface area contributed by atoms with Gasteiger partial charge in [0.15, 0.2) is 17.5 Å². The van der Waals surface area contributed by atoms with Gasteiger partial charge in [0.25, 0.3) is 0 Å². The number of nitrogens with zero attached hydrogens (tertiary/aromatic N) is 1. The van der Waals surface area contributed by atoms with Crippen LogP contribution < -0.4 is 27.4 Å². The van der Waals surface area contributed by atoms with Crippen LogP contribution in [0.15, 0.2) is 35.3 Å². The zero-order valence-corrected chi connectivity index (χ0v) is 35.6. The van der Waals surface area contributed by atoms with Crippen LogP contribution in [0.2, 0.25) is 0 Å². The van der Waals surface area contributed by atoms with Gasteiger partial charge in [0.1, 0.15) is 11.8 Å². The average molecular weight is 815 g/mol. The lowest BCUT2D eigenvalue weighted by atomic mass is 9.90. The maximum Gasteiger partial charge on any atom is 0.245 e. The van der Waals surface area contributed by atoms with Crippen LogP contribution in [0.5, 0.6) is 0 Å². The number of carbonyl (C=O) groups is 6. The number of rotatable bonds is 34. The average Bonchev–Trinajstić information content (AvgIpc) is 3.18. The molecule has 9 N–H and O–H groups in total. The summed E-state index contributed by atoms with van der Waals surface area (Å²) in [5.74, 6) is -4.97. The smallest absolute Gasteiger partial charge is 0.245 e. The fourth-order valence-corrected chi connectivity index (χ4v) is 6.74. The lowest BCUT2D eigenvalue weighted by Gasteiger charge is -2.25. The van der Waals surface area contributed by atoms with Crippen LogP contribution in [0, 0.1) is 11.8 Å². The molecule has 1 unspecified atom stereocenters. The van der Waals surface area contributed by atoms with Crippen molar-refractivity contribution >= 4 is 41.0 Å². The molecule has 14 nitrogen and oxygen atoms in total.